The van der Waals surface area contributed by atoms with Gasteiger partial charge in [-0.25, -0.2) is 0 Å². The summed E-state index contributed by atoms with van der Waals surface area (Å²) in [5, 5.41) is 12.8. The van der Waals surface area contributed by atoms with Gasteiger partial charge in [0.05, 0.1) is 0 Å². The maximum absolute atomic E-state index is 12.9. The highest BCUT2D eigenvalue weighted by atomic mass is 16.2. The lowest BCUT2D eigenvalue weighted by Crippen LogP contribution is -2.39. The number of hydrogen-bond donors (Lipinski definition) is 1. The third-order valence-corrected chi connectivity index (χ3v) is 6.10. The van der Waals surface area contributed by atoms with E-state index in [1.165, 1.54) is 11.1 Å². The summed E-state index contributed by atoms with van der Waals surface area (Å²) in [6.07, 6.45) is 5.61. The van der Waals surface area contributed by atoms with E-state index < -0.39 is 0 Å². The van der Waals surface area contributed by atoms with Crippen molar-refractivity contribution in [3.8, 4) is 6.07 Å². The normalized spacial score (nSPS) is 16.0. The molecule has 4 heteroatoms. The molecule has 0 spiro atoms. The van der Waals surface area contributed by atoms with Crippen molar-refractivity contribution in [2.24, 2.45) is 5.92 Å². The van der Waals surface area contributed by atoms with E-state index in [0.717, 1.165) is 31.4 Å². The summed E-state index contributed by atoms with van der Waals surface area (Å²) in [6.45, 7) is 5.75. The molecule has 1 saturated heterocycles. The molecule has 2 aromatic carbocycles. The van der Waals surface area contributed by atoms with E-state index in [-0.39, 0.29) is 11.5 Å². The number of anilines is 1. The lowest BCUT2D eigenvalue weighted by molar-refractivity contribution is -0.128. The van der Waals surface area contributed by atoms with E-state index in [9.17, 15) is 10.1 Å². The van der Waals surface area contributed by atoms with E-state index in [0.29, 0.717) is 24.9 Å². The highest BCUT2D eigenvalue weighted by Crippen LogP contribution is 2.27. The maximum atomic E-state index is 12.9. The molecule has 1 heterocycles. The number of piperidine rings is 1. The van der Waals surface area contributed by atoms with Crippen LogP contribution in [-0.4, -0.2) is 23.9 Å². The third-order valence-electron chi connectivity index (χ3n) is 6.10. The molecular weight excluding hydrogens is 370 g/mol. The first-order chi connectivity index (χ1) is 14.6. The first kappa shape index (κ1) is 21.6. The second-order valence-corrected chi connectivity index (χ2v) is 8.14. The van der Waals surface area contributed by atoms with Crippen molar-refractivity contribution in [3.05, 3.63) is 77.5 Å². The SMILES string of the molecule is CCC(C)c1ccccc1N/C=C(/C#N)C(=O)N1CCC(Cc2ccccc2)CC1. The van der Waals surface area contributed by atoms with Gasteiger partial charge in [-0.1, -0.05) is 62.4 Å². The van der Waals surface area contributed by atoms with Gasteiger partial charge in [0.25, 0.3) is 5.91 Å². The summed E-state index contributed by atoms with van der Waals surface area (Å²) in [4.78, 5) is 14.7. The van der Waals surface area contributed by atoms with Crippen molar-refractivity contribution >= 4 is 11.6 Å². The molecule has 1 aliphatic heterocycles. The molecule has 156 valence electrons. The number of hydrogen-bond acceptors (Lipinski definition) is 3. The molecule has 0 bridgehead atoms. The molecule has 1 unspecified atom stereocenters. The van der Waals surface area contributed by atoms with Gasteiger partial charge in [-0.2, -0.15) is 5.26 Å². The first-order valence-corrected chi connectivity index (χ1v) is 10.9. The van der Waals surface area contributed by atoms with Crippen LogP contribution in [-0.2, 0) is 11.2 Å². The second kappa shape index (κ2) is 10.6. The van der Waals surface area contributed by atoms with Crippen LogP contribution < -0.4 is 5.32 Å². The molecule has 1 amide bonds. The molecule has 1 aliphatic rings. The highest BCUT2D eigenvalue weighted by molar-refractivity contribution is 5.97. The molecule has 1 N–H and O–H groups in total. The molecule has 0 saturated carbocycles. The predicted molar refractivity (Wildman–Crippen MR) is 122 cm³/mol. The van der Waals surface area contributed by atoms with E-state index in [4.69, 9.17) is 0 Å². The number of nitrogens with one attached hydrogen (secondary N) is 1. The quantitative estimate of drug-likeness (QED) is 0.492. The summed E-state index contributed by atoms with van der Waals surface area (Å²) in [7, 11) is 0. The lowest BCUT2D eigenvalue weighted by atomic mass is 9.90. The largest absolute Gasteiger partial charge is 0.360 e. The second-order valence-electron chi connectivity index (χ2n) is 8.14. The van der Waals surface area contributed by atoms with Crippen molar-refractivity contribution in [3.63, 3.8) is 0 Å². The summed E-state index contributed by atoms with van der Waals surface area (Å²) in [5.74, 6) is 0.822. The Balaban J connectivity index is 1.60. The van der Waals surface area contributed by atoms with Gasteiger partial charge in [0.1, 0.15) is 11.6 Å². The smallest absolute Gasteiger partial charge is 0.266 e. The summed E-state index contributed by atoms with van der Waals surface area (Å²) in [5.41, 5.74) is 3.66. The summed E-state index contributed by atoms with van der Waals surface area (Å²) in [6, 6.07) is 20.7. The average Bonchev–Trinajstić information content (AvgIpc) is 2.80. The molecule has 0 aliphatic carbocycles. The Kier molecular flexibility index (Phi) is 7.68. The Labute approximate surface area is 180 Å². The summed E-state index contributed by atoms with van der Waals surface area (Å²) >= 11 is 0. The number of benzene rings is 2. The van der Waals surface area contributed by atoms with Crippen LogP contribution in [0.1, 0.15) is 50.2 Å². The van der Waals surface area contributed by atoms with Crippen LogP contribution in [0.5, 0.6) is 0 Å². The fourth-order valence-corrected chi connectivity index (χ4v) is 4.03. The number of rotatable bonds is 7. The molecule has 0 aromatic heterocycles. The molecule has 30 heavy (non-hydrogen) atoms. The number of nitrogens with zero attached hydrogens (tertiary/aromatic N) is 2. The standard InChI is InChI=1S/C26H31N3O/c1-3-20(2)24-11-7-8-12-25(24)28-19-23(18-27)26(30)29-15-13-22(14-16-29)17-21-9-5-4-6-10-21/h4-12,19-20,22,28H,3,13-17H2,1-2H3/b23-19-. The van der Waals surface area contributed by atoms with Crippen molar-refractivity contribution in [2.75, 3.05) is 18.4 Å². The maximum Gasteiger partial charge on any atom is 0.266 e. The van der Waals surface area contributed by atoms with Gasteiger partial charge in [0, 0.05) is 25.0 Å². The van der Waals surface area contributed by atoms with E-state index in [2.05, 4.69) is 55.6 Å². The minimum Gasteiger partial charge on any atom is -0.360 e. The van der Waals surface area contributed by atoms with E-state index in [1.807, 2.05) is 29.2 Å². The number of nitriles is 1. The number of amides is 1. The Morgan fingerprint density at radius 2 is 1.83 bits per heavy atom. The minimum absolute atomic E-state index is 0.162. The van der Waals surface area contributed by atoms with Crippen LogP contribution in [0.4, 0.5) is 5.69 Å². The van der Waals surface area contributed by atoms with Crippen LogP contribution in [0.15, 0.2) is 66.4 Å². The van der Waals surface area contributed by atoms with Crippen LogP contribution in [0.25, 0.3) is 0 Å². The lowest BCUT2D eigenvalue weighted by Gasteiger charge is -2.32. The van der Waals surface area contributed by atoms with Gasteiger partial charge in [-0.15, -0.1) is 0 Å². The summed E-state index contributed by atoms with van der Waals surface area (Å²) < 4.78 is 0. The number of carbonyl (C=O) groups excluding carboxylic acids is 1. The zero-order valence-electron chi connectivity index (χ0n) is 18.0. The molecule has 1 atom stereocenters. The molecule has 2 aromatic rings. The van der Waals surface area contributed by atoms with Crippen LogP contribution in [0.2, 0.25) is 0 Å². The van der Waals surface area contributed by atoms with E-state index >= 15 is 0 Å². The van der Waals surface area contributed by atoms with Gasteiger partial charge in [-0.05, 0) is 54.7 Å². The van der Waals surface area contributed by atoms with Crippen LogP contribution in [0.3, 0.4) is 0 Å². The van der Waals surface area contributed by atoms with Crippen molar-refractivity contribution in [2.45, 2.75) is 45.4 Å². The number of likely N-dealkylation sites (tertiary alicyclic amines) is 1. The molecule has 0 radical (unpaired) electrons. The molecular formula is C26H31N3O. The molecule has 4 nitrogen and oxygen atoms in total. The fraction of sp³-hybridized carbons (Fsp3) is 0.385. The van der Waals surface area contributed by atoms with Crippen LogP contribution in [0, 0.1) is 17.2 Å². The Morgan fingerprint density at radius 1 is 1.17 bits per heavy atom. The van der Waals surface area contributed by atoms with Crippen LogP contribution >= 0.6 is 0 Å². The minimum atomic E-state index is -0.177. The van der Waals surface area contributed by atoms with Crippen molar-refractivity contribution in [1.82, 2.24) is 4.90 Å². The topological polar surface area (TPSA) is 56.1 Å². The molecule has 1 fully saturated rings. The predicted octanol–water partition coefficient (Wildman–Crippen LogP) is 5.50. The number of carbonyl (C=O) groups is 1. The van der Waals surface area contributed by atoms with Gasteiger partial charge in [0.15, 0.2) is 0 Å². The molecule has 3 rings (SSSR count). The average molecular weight is 402 g/mol. The Morgan fingerprint density at radius 3 is 2.50 bits per heavy atom. The zero-order valence-corrected chi connectivity index (χ0v) is 18.0. The highest BCUT2D eigenvalue weighted by Gasteiger charge is 2.25. The monoisotopic (exact) mass is 401 g/mol. The van der Waals surface area contributed by atoms with Crippen molar-refractivity contribution < 1.29 is 4.79 Å². The van der Waals surface area contributed by atoms with Gasteiger partial charge < -0.3 is 10.2 Å². The Hall–Kier alpha value is -3.06. The van der Waals surface area contributed by atoms with Gasteiger partial charge in [0.2, 0.25) is 0 Å². The van der Waals surface area contributed by atoms with Gasteiger partial charge in [-0.3, -0.25) is 4.79 Å². The van der Waals surface area contributed by atoms with E-state index in [1.54, 1.807) is 6.20 Å². The first-order valence-electron chi connectivity index (χ1n) is 10.9. The third kappa shape index (κ3) is 5.51. The van der Waals surface area contributed by atoms with Crippen molar-refractivity contribution in [1.29, 1.82) is 5.26 Å². The fourth-order valence-electron chi connectivity index (χ4n) is 4.03. The zero-order chi connectivity index (χ0) is 21.3. The number of para-hydroxylation sites is 1. The Bertz CT molecular complexity index is 905. The van der Waals surface area contributed by atoms with Gasteiger partial charge >= 0.3 is 0 Å².